The molecule has 1 aliphatic rings. The number of hydrogen-bond donors (Lipinski definition) is 3. The highest BCUT2D eigenvalue weighted by atomic mass is 16.2. The molecule has 0 radical (unpaired) electrons. The summed E-state index contributed by atoms with van der Waals surface area (Å²) in [6, 6.07) is 0.00640. The molecule has 6 heteroatoms. The van der Waals surface area contributed by atoms with Gasteiger partial charge in [0.1, 0.15) is 0 Å². The van der Waals surface area contributed by atoms with Gasteiger partial charge < -0.3 is 20.9 Å². The highest BCUT2D eigenvalue weighted by Crippen LogP contribution is 2.17. The van der Waals surface area contributed by atoms with Crippen molar-refractivity contribution in [3.05, 3.63) is 0 Å². The minimum absolute atomic E-state index is 0.0471. The molecule has 0 aromatic rings. The van der Waals surface area contributed by atoms with Crippen LogP contribution in [0.1, 0.15) is 32.6 Å². The lowest BCUT2D eigenvalue weighted by atomic mass is 10.2. The third-order valence-corrected chi connectivity index (χ3v) is 3.35. The van der Waals surface area contributed by atoms with Crippen LogP contribution in [0.25, 0.3) is 0 Å². The van der Waals surface area contributed by atoms with Crippen molar-refractivity contribution in [3.63, 3.8) is 0 Å². The van der Waals surface area contributed by atoms with Gasteiger partial charge in [0.05, 0.1) is 6.04 Å². The standard InChI is InChI=1S/C13H26N4O2/c1-10(12(18)16-11-6-4-5-7-11)14-8-9-15-13(19)17(2)3/h10-11,14H,4-9H2,1-3H3,(H,15,19)(H,16,18). The summed E-state index contributed by atoms with van der Waals surface area (Å²) in [4.78, 5) is 24.6. The predicted octanol–water partition coefficient (Wildman–Crippen LogP) is 0.295. The summed E-state index contributed by atoms with van der Waals surface area (Å²) in [5, 5.41) is 8.90. The lowest BCUT2D eigenvalue weighted by molar-refractivity contribution is -0.123. The van der Waals surface area contributed by atoms with Gasteiger partial charge in [-0.15, -0.1) is 0 Å². The molecule has 1 atom stereocenters. The summed E-state index contributed by atoms with van der Waals surface area (Å²) in [6.45, 7) is 2.94. The summed E-state index contributed by atoms with van der Waals surface area (Å²) in [7, 11) is 3.39. The fourth-order valence-electron chi connectivity index (χ4n) is 2.11. The van der Waals surface area contributed by atoms with Crippen LogP contribution in [0.3, 0.4) is 0 Å². The summed E-state index contributed by atoms with van der Waals surface area (Å²) < 4.78 is 0. The van der Waals surface area contributed by atoms with E-state index in [0.29, 0.717) is 19.1 Å². The zero-order valence-electron chi connectivity index (χ0n) is 12.2. The highest BCUT2D eigenvalue weighted by Gasteiger charge is 2.20. The Labute approximate surface area is 115 Å². The van der Waals surface area contributed by atoms with Crippen molar-refractivity contribution in [1.82, 2.24) is 20.9 Å². The largest absolute Gasteiger partial charge is 0.352 e. The predicted molar refractivity (Wildman–Crippen MR) is 74.9 cm³/mol. The summed E-state index contributed by atoms with van der Waals surface area (Å²) in [6.07, 6.45) is 4.61. The van der Waals surface area contributed by atoms with E-state index in [1.54, 1.807) is 14.1 Å². The zero-order chi connectivity index (χ0) is 14.3. The third-order valence-electron chi connectivity index (χ3n) is 3.35. The molecule has 0 aromatic heterocycles. The van der Waals surface area contributed by atoms with Crippen LogP contribution in [0.2, 0.25) is 0 Å². The minimum atomic E-state index is -0.225. The Morgan fingerprint density at radius 1 is 1.21 bits per heavy atom. The number of nitrogens with one attached hydrogen (secondary N) is 3. The third kappa shape index (κ3) is 5.92. The van der Waals surface area contributed by atoms with E-state index in [9.17, 15) is 9.59 Å². The van der Waals surface area contributed by atoms with E-state index in [2.05, 4.69) is 16.0 Å². The van der Waals surface area contributed by atoms with Crippen LogP contribution in [-0.2, 0) is 4.79 Å². The van der Waals surface area contributed by atoms with Gasteiger partial charge in [0.25, 0.3) is 0 Å². The highest BCUT2D eigenvalue weighted by molar-refractivity contribution is 5.81. The molecule has 1 aliphatic carbocycles. The minimum Gasteiger partial charge on any atom is -0.352 e. The number of carbonyl (C=O) groups is 2. The second kappa shape index (κ2) is 7.99. The molecular formula is C13H26N4O2. The number of amides is 3. The van der Waals surface area contributed by atoms with Gasteiger partial charge in [-0.1, -0.05) is 12.8 Å². The molecule has 0 aromatic carbocycles. The maximum absolute atomic E-state index is 11.9. The van der Waals surface area contributed by atoms with Crippen LogP contribution >= 0.6 is 0 Å². The molecule has 0 heterocycles. The summed E-state index contributed by atoms with van der Waals surface area (Å²) >= 11 is 0. The van der Waals surface area contributed by atoms with Gasteiger partial charge in [-0.2, -0.15) is 0 Å². The fraction of sp³-hybridized carbons (Fsp3) is 0.846. The van der Waals surface area contributed by atoms with Crippen molar-refractivity contribution < 1.29 is 9.59 Å². The van der Waals surface area contributed by atoms with E-state index < -0.39 is 0 Å². The number of urea groups is 1. The number of hydrogen-bond acceptors (Lipinski definition) is 3. The average molecular weight is 270 g/mol. The quantitative estimate of drug-likeness (QED) is 0.608. The monoisotopic (exact) mass is 270 g/mol. The Morgan fingerprint density at radius 3 is 2.42 bits per heavy atom. The van der Waals surface area contributed by atoms with Crippen molar-refractivity contribution in [2.45, 2.75) is 44.7 Å². The van der Waals surface area contributed by atoms with Crippen molar-refractivity contribution in [2.75, 3.05) is 27.2 Å². The van der Waals surface area contributed by atoms with Gasteiger partial charge in [0.15, 0.2) is 0 Å². The molecule has 0 aliphatic heterocycles. The van der Waals surface area contributed by atoms with Crippen LogP contribution in [0.4, 0.5) is 4.79 Å². The van der Waals surface area contributed by atoms with Gasteiger partial charge >= 0.3 is 6.03 Å². The Hall–Kier alpha value is -1.30. The average Bonchev–Trinajstić information content (AvgIpc) is 2.86. The Bertz CT molecular complexity index is 301. The van der Waals surface area contributed by atoms with Crippen LogP contribution < -0.4 is 16.0 Å². The van der Waals surface area contributed by atoms with Crippen molar-refractivity contribution in [3.8, 4) is 0 Å². The molecule has 1 rings (SSSR count). The molecule has 3 amide bonds. The molecular weight excluding hydrogens is 244 g/mol. The van der Waals surface area contributed by atoms with Crippen molar-refractivity contribution >= 4 is 11.9 Å². The van der Waals surface area contributed by atoms with Crippen molar-refractivity contribution in [1.29, 1.82) is 0 Å². The molecule has 3 N–H and O–H groups in total. The van der Waals surface area contributed by atoms with Gasteiger partial charge in [-0.3, -0.25) is 4.79 Å². The molecule has 0 bridgehead atoms. The number of nitrogens with zero attached hydrogens (tertiary/aromatic N) is 1. The molecule has 6 nitrogen and oxygen atoms in total. The van der Waals surface area contributed by atoms with Gasteiger partial charge in [0.2, 0.25) is 5.91 Å². The fourth-order valence-corrected chi connectivity index (χ4v) is 2.11. The van der Waals surface area contributed by atoms with E-state index in [1.165, 1.54) is 17.7 Å². The second-order valence-corrected chi connectivity index (χ2v) is 5.29. The summed E-state index contributed by atoms with van der Waals surface area (Å²) in [5.74, 6) is 0.0471. The number of rotatable bonds is 6. The van der Waals surface area contributed by atoms with E-state index in [-0.39, 0.29) is 18.0 Å². The maximum Gasteiger partial charge on any atom is 0.316 e. The van der Waals surface area contributed by atoms with E-state index in [1.807, 2.05) is 6.92 Å². The maximum atomic E-state index is 11.9. The first-order valence-corrected chi connectivity index (χ1v) is 6.99. The molecule has 1 unspecified atom stereocenters. The smallest absolute Gasteiger partial charge is 0.316 e. The van der Waals surface area contributed by atoms with Crippen LogP contribution in [-0.4, -0.2) is 56.1 Å². The van der Waals surface area contributed by atoms with E-state index in [4.69, 9.17) is 0 Å². The Balaban J connectivity index is 2.10. The Morgan fingerprint density at radius 2 is 1.84 bits per heavy atom. The van der Waals surface area contributed by atoms with Gasteiger partial charge in [-0.25, -0.2) is 4.79 Å². The first-order chi connectivity index (χ1) is 9.00. The molecule has 1 saturated carbocycles. The first kappa shape index (κ1) is 15.8. The Kier molecular flexibility index (Phi) is 6.62. The van der Waals surface area contributed by atoms with Gasteiger partial charge in [-0.05, 0) is 19.8 Å². The molecule has 110 valence electrons. The second-order valence-electron chi connectivity index (χ2n) is 5.29. The van der Waals surface area contributed by atoms with Gasteiger partial charge in [0, 0.05) is 33.2 Å². The topological polar surface area (TPSA) is 73.5 Å². The van der Waals surface area contributed by atoms with E-state index >= 15 is 0 Å². The van der Waals surface area contributed by atoms with Crippen LogP contribution in [0.5, 0.6) is 0 Å². The SMILES string of the molecule is CC(NCCNC(=O)N(C)C)C(=O)NC1CCCC1. The van der Waals surface area contributed by atoms with Crippen molar-refractivity contribution in [2.24, 2.45) is 0 Å². The molecule has 0 spiro atoms. The molecule has 19 heavy (non-hydrogen) atoms. The van der Waals surface area contributed by atoms with Crippen LogP contribution in [0, 0.1) is 0 Å². The molecule has 0 saturated heterocycles. The summed E-state index contributed by atoms with van der Waals surface area (Å²) in [5.41, 5.74) is 0. The number of carbonyl (C=O) groups excluding carboxylic acids is 2. The zero-order valence-corrected chi connectivity index (χ0v) is 12.2. The lowest BCUT2D eigenvalue weighted by Crippen LogP contribution is -2.47. The lowest BCUT2D eigenvalue weighted by Gasteiger charge is -2.18. The van der Waals surface area contributed by atoms with Crippen LogP contribution in [0.15, 0.2) is 0 Å². The normalized spacial score (nSPS) is 17.0. The first-order valence-electron chi connectivity index (χ1n) is 6.99. The molecule has 1 fully saturated rings. The van der Waals surface area contributed by atoms with E-state index in [0.717, 1.165) is 12.8 Å².